The van der Waals surface area contributed by atoms with Crippen LogP contribution < -0.4 is 15.5 Å². The van der Waals surface area contributed by atoms with Crippen LogP contribution in [0, 0.1) is 6.92 Å². The molecule has 0 bridgehead atoms. The lowest BCUT2D eigenvalue weighted by Gasteiger charge is -2.17. The lowest BCUT2D eigenvalue weighted by molar-refractivity contribution is -0.121. The highest BCUT2D eigenvalue weighted by atomic mass is 32.2. The number of aryl methyl sites for hydroxylation is 1. The molecule has 1 saturated heterocycles. The number of carbonyl (C=O) groups is 3. The Morgan fingerprint density at radius 1 is 0.903 bits per heavy atom. The van der Waals surface area contributed by atoms with Crippen molar-refractivity contribution in [1.29, 1.82) is 0 Å². The molecule has 1 aliphatic heterocycles. The van der Waals surface area contributed by atoms with Crippen LogP contribution in [0.5, 0.6) is 0 Å². The Morgan fingerprint density at radius 3 is 2.35 bits per heavy atom. The molecule has 0 radical (unpaired) electrons. The van der Waals surface area contributed by atoms with Crippen molar-refractivity contribution in [2.24, 2.45) is 0 Å². The first kappa shape index (κ1) is 20.7. The minimum Gasteiger partial charge on any atom is -0.308 e. The van der Waals surface area contributed by atoms with Gasteiger partial charge < -0.3 is 10.6 Å². The number of thioether (sulfide) groups is 1. The summed E-state index contributed by atoms with van der Waals surface area (Å²) < 4.78 is 0. The number of hydrogen-bond acceptors (Lipinski definition) is 4. The highest BCUT2D eigenvalue weighted by Gasteiger charge is 2.40. The zero-order valence-corrected chi connectivity index (χ0v) is 17.7. The molecule has 4 amide bonds. The number of carbonyl (C=O) groups excluding carboxylic acids is 3. The van der Waals surface area contributed by atoms with E-state index in [0.717, 1.165) is 10.5 Å². The van der Waals surface area contributed by atoms with Gasteiger partial charge in [-0.3, -0.25) is 9.59 Å². The zero-order valence-electron chi connectivity index (χ0n) is 16.9. The van der Waals surface area contributed by atoms with E-state index in [4.69, 9.17) is 0 Å². The molecule has 4 rings (SSSR count). The number of hydrogen-bond donors (Lipinski definition) is 2. The zero-order chi connectivity index (χ0) is 21.8. The van der Waals surface area contributed by atoms with Gasteiger partial charge in [0.2, 0.25) is 11.8 Å². The van der Waals surface area contributed by atoms with Crippen LogP contribution in [0.3, 0.4) is 0 Å². The van der Waals surface area contributed by atoms with Crippen molar-refractivity contribution >= 4 is 46.7 Å². The van der Waals surface area contributed by atoms with Gasteiger partial charge in [0.1, 0.15) is 0 Å². The number of amides is 4. The number of imide groups is 1. The van der Waals surface area contributed by atoms with Crippen LogP contribution in [0.2, 0.25) is 0 Å². The van der Waals surface area contributed by atoms with E-state index in [1.165, 1.54) is 16.7 Å². The second kappa shape index (κ2) is 9.06. The molecular weight excluding hydrogens is 410 g/mol. The van der Waals surface area contributed by atoms with Crippen molar-refractivity contribution in [2.45, 2.75) is 23.5 Å². The molecule has 0 unspecified atom stereocenters. The molecule has 156 valence electrons. The van der Waals surface area contributed by atoms with Gasteiger partial charge in [-0.25, -0.2) is 9.69 Å². The summed E-state index contributed by atoms with van der Waals surface area (Å²) in [5, 5.41) is 5.06. The largest absolute Gasteiger partial charge is 0.323 e. The average Bonchev–Trinajstić information content (AvgIpc) is 3.02. The molecule has 0 spiro atoms. The van der Waals surface area contributed by atoms with E-state index in [9.17, 15) is 14.4 Å². The third-order valence-corrected chi connectivity index (χ3v) is 6.04. The fraction of sp³-hybridized carbons (Fsp3) is 0.125. The maximum Gasteiger partial charge on any atom is 0.323 e. The van der Waals surface area contributed by atoms with E-state index in [1.54, 1.807) is 36.4 Å². The molecule has 1 atom stereocenters. The number of nitrogens with one attached hydrogen (secondary N) is 2. The molecule has 0 aliphatic carbocycles. The molecule has 3 aromatic carbocycles. The van der Waals surface area contributed by atoms with E-state index < -0.39 is 5.25 Å². The number of nitrogens with zero attached hydrogens (tertiary/aromatic N) is 1. The SMILES string of the molecule is Cc1ccccc1N1C(=O)C[C@H](Sc2cccc(NC(=O)Nc3ccccc3)c2)C1=O. The second-order valence-electron chi connectivity index (χ2n) is 7.14. The highest BCUT2D eigenvalue weighted by Crippen LogP contribution is 2.35. The van der Waals surface area contributed by atoms with Crippen LogP contribution >= 0.6 is 11.8 Å². The standard InChI is InChI=1S/C24H21N3O3S/c1-16-8-5-6-13-20(16)27-22(28)15-21(23(27)29)31-19-12-7-11-18(14-19)26-24(30)25-17-9-3-2-4-10-17/h2-14,21H,15H2,1H3,(H2,25,26,30)/t21-/m0/s1. The van der Waals surface area contributed by atoms with Gasteiger partial charge in [-0.1, -0.05) is 42.5 Å². The lowest BCUT2D eigenvalue weighted by atomic mass is 10.2. The molecule has 2 N–H and O–H groups in total. The second-order valence-corrected chi connectivity index (χ2v) is 8.41. The predicted octanol–water partition coefficient (Wildman–Crippen LogP) is 5.06. The first-order valence-electron chi connectivity index (χ1n) is 9.83. The Labute approximate surface area is 184 Å². The quantitative estimate of drug-likeness (QED) is 0.553. The van der Waals surface area contributed by atoms with Crippen molar-refractivity contribution in [3.8, 4) is 0 Å². The van der Waals surface area contributed by atoms with Crippen LogP contribution in [0.1, 0.15) is 12.0 Å². The van der Waals surface area contributed by atoms with Gasteiger partial charge in [0.25, 0.3) is 0 Å². The molecule has 7 heteroatoms. The van der Waals surface area contributed by atoms with E-state index in [1.807, 2.05) is 49.4 Å². The van der Waals surface area contributed by atoms with Gasteiger partial charge in [-0.2, -0.15) is 0 Å². The third-order valence-electron chi connectivity index (χ3n) is 4.86. The molecule has 1 fully saturated rings. The summed E-state index contributed by atoms with van der Waals surface area (Å²) in [5.41, 5.74) is 2.81. The summed E-state index contributed by atoms with van der Waals surface area (Å²) in [6, 6.07) is 23.4. The fourth-order valence-corrected chi connectivity index (χ4v) is 4.50. The highest BCUT2D eigenvalue weighted by molar-refractivity contribution is 8.00. The molecule has 1 aliphatic rings. The van der Waals surface area contributed by atoms with Crippen LogP contribution in [-0.4, -0.2) is 23.1 Å². The summed E-state index contributed by atoms with van der Waals surface area (Å²) in [6.45, 7) is 1.88. The van der Waals surface area contributed by atoms with E-state index >= 15 is 0 Å². The van der Waals surface area contributed by atoms with Gasteiger partial charge in [0.15, 0.2) is 0 Å². The predicted molar refractivity (Wildman–Crippen MR) is 123 cm³/mol. The summed E-state index contributed by atoms with van der Waals surface area (Å²) in [6.07, 6.45) is 0.143. The Hall–Kier alpha value is -3.58. The van der Waals surface area contributed by atoms with Crippen molar-refractivity contribution < 1.29 is 14.4 Å². The minimum atomic E-state index is -0.500. The monoisotopic (exact) mass is 431 g/mol. The van der Waals surface area contributed by atoms with Crippen molar-refractivity contribution in [3.05, 3.63) is 84.4 Å². The number of benzene rings is 3. The molecule has 0 aromatic heterocycles. The van der Waals surface area contributed by atoms with Crippen molar-refractivity contribution in [3.63, 3.8) is 0 Å². The molecule has 3 aromatic rings. The average molecular weight is 432 g/mol. The van der Waals surface area contributed by atoms with Gasteiger partial charge in [0, 0.05) is 22.7 Å². The Morgan fingerprint density at radius 2 is 1.58 bits per heavy atom. The molecule has 6 nitrogen and oxygen atoms in total. The third kappa shape index (κ3) is 4.78. The molecule has 0 saturated carbocycles. The first-order valence-corrected chi connectivity index (χ1v) is 10.7. The molecule has 1 heterocycles. The summed E-state index contributed by atoms with van der Waals surface area (Å²) in [5.74, 6) is -0.419. The Kier molecular flexibility index (Phi) is 6.04. The number of anilines is 3. The maximum absolute atomic E-state index is 12.9. The van der Waals surface area contributed by atoms with Gasteiger partial charge in [0.05, 0.1) is 10.9 Å². The van der Waals surface area contributed by atoms with Gasteiger partial charge in [-0.05, 0) is 48.9 Å². The first-order chi connectivity index (χ1) is 15.0. The molecule has 31 heavy (non-hydrogen) atoms. The van der Waals surface area contributed by atoms with Crippen molar-refractivity contribution in [2.75, 3.05) is 15.5 Å². The topological polar surface area (TPSA) is 78.5 Å². The van der Waals surface area contributed by atoms with Crippen LogP contribution in [0.15, 0.2) is 83.8 Å². The summed E-state index contributed by atoms with van der Waals surface area (Å²) in [7, 11) is 0. The maximum atomic E-state index is 12.9. The number of para-hydroxylation sites is 2. The van der Waals surface area contributed by atoms with E-state index in [2.05, 4.69) is 10.6 Å². The smallest absolute Gasteiger partial charge is 0.308 e. The van der Waals surface area contributed by atoms with Crippen LogP contribution in [0.25, 0.3) is 0 Å². The van der Waals surface area contributed by atoms with Crippen molar-refractivity contribution in [1.82, 2.24) is 0 Å². The lowest BCUT2D eigenvalue weighted by Crippen LogP contribution is -2.31. The summed E-state index contributed by atoms with van der Waals surface area (Å²) in [4.78, 5) is 39.8. The van der Waals surface area contributed by atoms with Gasteiger partial charge in [-0.15, -0.1) is 11.8 Å². The molecular formula is C24H21N3O3S. The normalized spacial score (nSPS) is 15.8. The Balaban J connectivity index is 1.43. The number of urea groups is 1. The van der Waals surface area contributed by atoms with Crippen LogP contribution in [0.4, 0.5) is 21.9 Å². The van der Waals surface area contributed by atoms with E-state index in [-0.39, 0.29) is 24.3 Å². The van der Waals surface area contributed by atoms with Crippen LogP contribution in [-0.2, 0) is 9.59 Å². The van der Waals surface area contributed by atoms with E-state index in [0.29, 0.717) is 17.1 Å². The van der Waals surface area contributed by atoms with Gasteiger partial charge >= 0.3 is 6.03 Å². The number of rotatable bonds is 5. The Bertz CT molecular complexity index is 1130. The minimum absolute atomic E-state index is 0.143. The summed E-state index contributed by atoms with van der Waals surface area (Å²) >= 11 is 1.33. The fourth-order valence-electron chi connectivity index (χ4n) is 3.39.